The van der Waals surface area contributed by atoms with E-state index in [9.17, 15) is 24.0 Å². The average Bonchev–Trinajstić information content (AvgIpc) is 3.84. The molecule has 2 spiro atoms. The number of aryl methyl sites for hydroxylation is 2. The molecule has 4 atom stereocenters. The first kappa shape index (κ1) is 45.6. The molecule has 2 saturated carbocycles. The molecule has 13 nitrogen and oxygen atoms in total. The van der Waals surface area contributed by atoms with Gasteiger partial charge in [-0.05, 0) is 118 Å². The molecular formula is C49H58Cl2FN7O6. The largest absolute Gasteiger partial charge is 0.380 e. The number of ether oxygens (including phenoxy) is 1. The van der Waals surface area contributed by atoms with Crippen molar-refractivity contribution >= 4 is 63.6 Å². The highest BCUT2D eigenvalue weighted by atomic mass is 35.5. The lowest BCUT2D eigenvalue weighted by Crippen LogP contribution is -2.60. The molecule has 4 heterocycles. The van der Waals surface area contributed by atoms with Crippen molar-refractivity contribution in [1.29, 1.82) is 0 Å². The second-order valence-electron chi connectivity index (χ2n) is 19.0. The molecule has 1 unspecified atom stereocenters. The van der Waals surface area contributed by atoms with Gasteiger partial charge in [0.05, 0.1) is 28.7 Å². The van der Waals surface area contributed by atoms with Crippen molar-refractivity contribution in [1.82, 2.24) is 30.0 Å². The Kier molecular flexibility index (Phi) is 13.0. The predicted molar refractivity (Wildman–Crippen MR) is 248 cm³/mol. The summed E-state index contributed by atoms with van der Waals surface area (Å²) in [6, 6.07) is 14.5. The number of nitrogens with zero attached hydrogens (tertiary/aromatic N) is 3. The maximum Gasteiger partial charge on any atom is 0.329 e. The number of likely N-dealkylation sites (N-methyl/N-ethyl adjacent to an activating group) is 1. The first-order valence-electron chi connectivity index (χ1n) is 23.2. The van der Waals surface area contributed by atoms with Crippen molar-refractivity contribution in [3.8, 4) is 0 Å². The van der Waals surface area contributed by atoms with Crippen LogP contribution in [0.25, 0.3) is 11.0 Å². The molecular weight excluding hydrogens is 872 g/mol. The standard InChI is InChI=1S/C49H58Cl2FN7O6/c1-57(23-25-65-24-7-8-29-13-18-37-39(26-29)58(2)47(64)59(37)38-19-20-40(60)55-44(38)61)28-30-11-15-32(16-12-30)53-45(62)43-41(33-9-6-10-35(51)42(33)52)49(48(56-43)21-4-3-5-22-48)34-17-14-31(50)27-36(34)54-46(49)63/h6,9-10,13-14,17-18,26-27,30,32,38,41,43,56H,3-5,7-8,11-12,15-16,19-25,28H2,1-2H3,(H,53,62)(H,54,63)(H,55,60,61)/t30?,32?,38?,41-,43+,49+/m0/s1. The van der Waals surface area contributed by atoms with Gasteiger partial charge in [-0.25, -0.2) is 9.18 Å². The van der Waals surface area contributed by atoms with Gasteiger partial charge >= 0.3 is 5.69 Å². The number of benzene rings is 3. The molecule has 0 radical (unpaired) electrons. The lowest BCUT2D eigenvalue weighted by Gasteiger charge is -2.47. The number of halogens is 3. The highest BCUT2D eigenvalue weighted by Gasteiger charge is 2.72. The number of amides is 4. The van der Waals surface area contributed by atoms with Crippen molar-refractivity contribution in [2.45, 2.75) is 118 Å². The van der Waals surface area contributed by atoms with E-state index >= 15 is 4.39 Å². The smallest absolute Gasteiger partial charge is 0.329 e. The Balaban J connectivity index is 0.774. The number of aromatic nitrogens is 2. The summed E-state index contributed by atoms with van der Waals surface area (Å²) in [6.45, 7) is 2.91. The van der Waals surface area contributed by atoms with Crippen LogP contribution in [-0.4, -0.2) is 88.6 Å². The topological polar surface area (TPSA) is 156 Å². The molecule has 0 bridgehead atoms. The molecule has 1 aromatic heterocycles. The number of fused-ring (bicyclic) bond motifs is 4. The number of rotatable bonds is 13. The monoisotopic (exact) mass is 929 g/mol. The fourth-order valence-electron chi connectivity index (χ4n) is 12.0. The number of imidazole rings is 1. The van der Waals surface area contributed by atoms with E-state index in [1.54, 1.807) is 35.9 Å². The Morgan fingerprint density at radius 2 is 1.72 bits per heavy atom. The molecule has 9 rings (SSSR count). The summed E-state index contributed by atoms with van der Waals surface area (Å²) in [5.74, 6) is -2.22. The van der Waals surface area contributed by atoms with Gasteiger partial charge in [0.25, 0.3) is 0 Å². The molecule has 5 aliphatic rings. The van der Waals surface area contributed by atoms with Crippen LogP contribution in [-0.2, 0) is 42.8 Å². The van der Waals surface area contributed by atoms with Crippen LogP contribution < -0.4 is 27.0 Å². The van der Waals surface area contributed by atoms with E-state index in [4.69, 9.17) is 27.9 Å². The van der Waals surface area contributed by atoms with Gasteiger partial charge in [-0.2, -0.15) is 0 Å². The van der Waals surface area contributed by atoms with Gasteiger partial charge in [0, 0.05) is 61.4 Å². The second-order valence-corrected chi connectivity index (χ2v) is 19.9. The minimum atomic E-state index is -1.26. The number of hydrogen-bond acceptors (Lipinski definition) is 8. The van der Waals surface area contributed by atoms with Crippen LogP contribution in [0, 0.1) is 11.7 Å². The number of carbonyl (C=O) groups excluding carboxylic acids is 4. The van der Waals surface area contributed by atoms with Gasteiger partial charge < -0.3 is 20.3 Å². The lowest BCUT2D eigenvalue weighted by molar-refractivity contribution is -0.136. The Labute approximate surface area is 388 Å². The molecule has 65 heavy (non-hydrogen) atoms. The Hall–Kier alpha value is -4.60. The fourth-order valence-corrected chi connectivity index (χ4v) is 12.4. The van der Waals surface area contributed by atoms with Gasteiger partial charge in [-0.15, -0.1) is 0 Å². The van der Waals surface area contributed by atoms with E-state index in [-0.39, 0.29) is 46.5 Å². The number of nitrogens with one attached hydrogen (secondary N) is 4. The molecule has 3 aliphatic heterocycles. The lowest BCUT2D eigenvalue weighted by atomic mass is 9.55. The van der Waals surface area contributed by atoms with Gasteiger partial charge in [-0.1, -0.05) is 66.7 Å². The summed E-state index contributed by atoms with van der Waals surface area (Å²) in [5, 5.41) is 13.0. The first-order valence-corrected chi connectivity index (χ1v) is 24.0. The molecule has 3 aromatic carbocycles. The van der Waals surface area contributed by atoms with Crippen LogP contribution in [0.1, 0.15) is 106 Å². The zero-order valence-electron chi connectivity index (χ0n) is 37.0. The van der Waals surface area contributed by atoms with Crippen molar-refractivity contribution in [3.63, 3.8) is 0 Å². The highest BCUT2D eigenvalue weighted by molar-refractivity contribution is 6.31. The molecule has 4 N–H and O–H groups in total. The number of carbonyl (C=O) groups is 4. The fraction of sp³-hybridized carbons (Fsp3) is 0.531. The van der Waals surface area contributed by atoms with Crippen molar-refractivity contribution < 1.29 is 28.3 Å². The normalized spacial score (nSPS) is 26.2. The van der Waals surface area contributed by atoms with Gasteiger partial charge in [0.2, 0.25) is 23.6 Å². The van der Waals surface area contributed by atoms with Crippen LogP contribution in [0.3, 0.4) is 0 Å². The van der Waals surface area contributed by atoms with Crippen LogP contribution in [0.4, 0.5) is 10.1 Å². The third kappa shape index (κ3) is 8.32. The van der Waals surface area contributed by atoms with Crippen molar-refractivity contribution in [2.24, 2.45) is 13.0 Å². The van der Waals surface area contributed by atoms with E-state index in [1.807, 2.05) is 24.3 Å². The van der Waals surface area contributed by atoms with Crippen LogP contribution >= 0.6 is 23.2 Å². The van der Waals surface area contributed by atoms with E-state index in [0.717, 1.165) is 87.5 Å². The maximum atomic E-state index is 16.3. The number of piperidine rings is 1. The molecule has 346 valence electrons. The predicted octanol–water partition coefficient (Wildman–Crippen LogP) is 6.67. The Bertz CT molecular complexity index is 2570. The van der Waals surface area contributed by atoms with Crippen LogP contribution in [0.15, 0.2) is 59.4 Å². The molecule has 4 amide bonds. The molecule has 4 fully saturated rings. The summed E-state index contributed by atoms with van der Waals surface area (Å²) >= 11 is 12.9. The van der Waals surface area contributed by atoms with E-state index in [1.165, 1.54) is 10.6 Å². The summed E-state index contributed by atoms with van der Waals surface area (Å²) in [5.41, 5.74) is 1.77. The zero-order chi connectivity index (χ0) is 45.6. The average molecular weight is 931 g/mol. The zero-order valence-corrected chi connectivity index (χ0v) is 38.5. The third-order valence-corrected chi connectivity index (χ3v) is 15.6. The van der Waals surface area contributed by atoms with E-state index < -0.39 is 40.7 Å². The van der Waals surface area contributed by atoms with Crippen LogP contribution in [0.5, 0.6) is 0 Å². The molecule has 2 saturated heterocycles. The molecule has 16 heteroatoms. The molecule has 2 aliphatic carbocycles. The summed E-state index contributed by atoms with van der Waals surface area (Å²) < 4.78 is 25.4. The summed E-state index contributed by atoms with van der Waals surface area (Å²) in [7, 11) is 3.81. The quantitative estimate of drug-likeness (QED) is 0.0857. The van der Waals surface area contributed by atoms with E-state index in [0.29, 0.717) is 54.6 Å². The minimum Gasteiger partial charge on any atom is -0.380 e. The maximum absolute atomic E-state index is 16.3. The first-order chi connectivity index (χ1) is 31.3. The van der Waals surface area contributed by atoms with Gasteiger partial charge in [0.15, 0.2) is 0 Å². The minimum absolute atomic E-state index is 0.0442. The van der Waals surface area contributed by atoms with Crippen molar-refractivity contribution in [2.75, 3.05) is 38.7 Å². The van der Waals surface area contributed by atoms with Crippen molar-refractivity contribution in [3.05, 3.63) is 97.6 Å². The van der Waals surface area contributed by atoms with E-state index in [2.05, 4.69) is 33.2 Å². The number of anilines is 1. The third-order valence-electron chi connectivity index (χ3n) is 15.1. The highest BCUT2D eigenvalue weighted by Crippen LogP contribution is 2.63. The summed E-state index contributed by atoms with van der Waals surface area (Å²) in [6.07, 6.45) is 9.77. The SMILES string of the molecule is CN(CCOCCCc1ccc2c(c1)n(C)c(=O)n2C1CCC(=O)NC1=O)CC1CCC(NC(=O)[C@@H]2NC3(CCCCC3)[C@@]3(C(=O)Nc4cc(Cl)ccc43)[C@H]2c2cccc(Cl)c2F)CC1. The Morgan fingerprint density at radius 3 is 2.49 bits per heavy atom. The van der Waals surface area contributed by atoms with Crippen LogP contribution in [0.2, 0.25) is 10.0 Å². The second kappa shape index (κ2) is 18.6. The number of imide groups is 1. The molecule has 4 aromatic rings. The van der Waals surface area contributed by atoms with Gasteiger partial charge in [-0.3, -0.25) is 38.9 Å². The number of hydrogen-bond donors (Lipinski definition) is 4. The Morgan fingerprint density at radius 1 is 0.938 bits per heavy atom. The summed E-state index contributed by atoms with van der Waals surface area (Å²) in [4.78, 5) is 69.0. The van der Waals surface area contributed by atoms with Gasteiger partial charge in [0.1, 0.15) is 17.3 Å².